The number of para-hydroxylation sites is 1. The third kappa shape index (κ3) is 4.99. The number of methoxy groups -OCH3 is 1. The van der Waals surface area contributed by atoms with Crippen molar-refractivity contribution in [2.24, 2.45) is 0 Å². The molecular formula is C20H20N2O5S2. The van der Waals surface area contributed by atoms with Crippen molar-refractivity contribution < 1.29 is 23.9 Å². The first-order valence-electron chi connectivity index (χ1n) is 8.87. The Balaban J connectivity index is 1.51. The number of aryl methyl sites for hydroxylation is 2. The van der Waals surface area contributed by atoms with E-state index < -0.39 is 24.5 Å². The monoisotopic (exact) mass is 432 g/mol. The molecule has 9 heteroatoms. The summed E-state index contributed by atoms with van der Waals surface area (Å²) in [5, 5.41) is 3.86. The maximum atomic E-state index is 12.1. The second-order valence-electron chi connectivity index (χ2n) is 6.26. The highest BCUT2D eigenvalue weighted by Crippen LogP contribution is 2.32. The van der Waals surface area contributed by atoms with Gasteiger partial charge in [0, 0.05) is 11.3 Å². The van der Waals surface area contributed by atoms with Crippen LogP contribution in [-0.4, -0.2) is 36.5 Å². The number of aromatic nitrogens is 1. The lowest BCUT2D eigenvalue weighted by Crippen LogP contribution is -2.21. The number of carbonyl (C=O) groups is 3. The number of nitrogens with one attached hydrogen (secondary N) is 1. The van der Waals surface area contributed by atoms with Crippen LogP contribution in [-0.2, 0) is 25.5 Å². The van der Waals surface area contributed by atoms with E-state index in [0.29, 0.717) is 17.0 Å². The van der Waals surface area contributed by atoms with Gasteiger partial charge >= 0.3 is 11.9 Å². The summed E-state index contributed by atoms with van der Waals surface area (Å²) in [6.07, 6.45) is 0.591. The van der Waals surface area contributed by atoms with Crippen molar-refractivity contribution in [1.29, 1.82) is 0 Å². The van der Waals surface area contributed by atoms with E-state index in [-0.39, 0.29) is 6.42 Å². The van der Waals surface area contributed by atoms with E-state index in [2.05, 4.69) is 10.3 Å². The van der Waals surface area contributed by atoms with E-state index in [0.717, 1.165) is 25.7 Å². The predicted molar refractivity (Wildman–Crippen MR) is 113 cm³/mol. The number of nitrogens with zero attached hydrogens (tertiary/aromatic N) is 1. The van der Waals surface area contributed by atoms with Crippen molar-refractivity contribution in [1.82, 2.24) is 4.98 Å². The molecule has 0 saturated heterocycles. The van der Waals surface area contributed by atoms with Crippen LogP contribution in [0.2, 0.25) is 0 Å². The topological polar surface area (TPSA) is 94.6 Å². The first-order valence-corrected chi connectivity index (χ1v) is 10.5. The van der Waals surface area contributed by atoms with E-state index in [4.69, 9.17) is 9.47 Å². The third-order valence-corrected chi connectivity index (χ3v) is 6.49. The minimum atomic E-state index is -0.519. The van der Waals surface area contributed by atoms with Gasteiger partial charge in [-0.3, -0.25) is 9.59 Å². The molecule has 7 nitrogen and oxygen atoms in total. The quantitative estimate of drug-likeness (QED) is 0.570. The number of rotatable bonds is 7. The molecule has 0 aliphatic carbocycles. The van der Waals surface area contributed by atoms with Crippen LogP contribution < -0.4 is 5.32 Å². The molecule has 0 atom stereocenters. The summed E-state index contributed by atoms with van der Waals surface area (Å²) >= 11 is 2.81. The van der Waals surface area contributed by atoms with Crippen molar-refractivity contribution in [2.75, 3.05) is 19.0 Å². The Morgan fingerprint density at radius 1 is 1.14 bits per heavy atom. The van der Waals surface area contributed by atoms with Crippen LogP contribution in [0, 0.1) is 13.8 Å². The number of fused-ring (bicyclic) bond motifs is 1. The van der Waals surface area contributed by atoms with Gasteiger partial charge in [0.15, 0.2) is 6.61 Å². The van der Waals surface area contributed by atoms with Gasteiger partial charge in [-0.15, -0.1) is 22.7 Å². The van der Waals surface area contributed by atoms with Gasteiger partial charge in [-0.25, -0.2) is 9.78 Å². The summed E-state index contributed by atoms with van der Waals surface area (Å²) in [4.78, 5) is 41.4. The SMILES string of the molecule is COC(=O)c1c(NC(=O)COC(=O)CCc2nc3ccccc3s2)sc(C)c1C. The van der Waals surface area contributed by atoms with Crippen LogP contribution in [0.25, 0.3) is 10.2 Å². The molecule has 0 spiro atoms. The zero-order valence-corrected chi connectivity index (χ0v) is 17.9. The van der Waals surface area contributed by atoms with Crippen molar-refractivity contribution >= 4 is 55.7 Å². The van der Waals surface area contributed by atoms with Crippen LogP contribution in [0.1, 0.15) is 32.2 Å². The molecule has 29 heavy (non-hydrogen) atoms. The summed E-state index contributed by atoms with van der Waals surface area (Å²) in [6, 6.07) is 7.77. The van der Waals surface area contributed by atoms with Crippen LogP contribution in [0.4, 0.5) is 5.00 Å². The Kier molecular flexibility index (Phi) is 6.60. The molecule has 1 amide bonds. The lowest BCUT2D eigenvalue weighted by molar-refractivity contribution is -0.147. The Bertz CT molecular complexity index is 1040. The molecule has 0 unspecified atom stereocenters. The van der Waals surface area contributed by atoms with Gasteiger partial charge in [0.05, 0.1) is 34.3 Å². The highest BCUT2D eigenvalue weighted by Gasteiger charge is 2.22. The lowest BCUT2D eigenvalue weighted by atomic mass is 10.1. The Morgan fingerprint density at radius 3 is 2.62 bits per heavy atom. The van der Waals surface area contributed by atoms with Crippen molar-refractivity contribution in [3.63, 3.8) is 0 Å². The smallest absolute Gasteiger partial charge is 0.341 e. The first-order chi connectivity index (χ1) is 13.9. The molecule has 152 valence electrons. The van der Waals surface area contributed by atoms with Gasteiger partial charge in [0.25, 0.3) is 5.91 Å². The molecule has 0 fully saturated rings. The van der Waals surface area contributed by atoms with Gasteiger partial charge in [-0.2, -0.15) is 0 Å². The average Bonchev–Trinajstić information content (AvgIpc) is 3.24. The fourth-order valence-electron chi connectivity index (χ4n) is 2.68. The number of esters is 2. The van der Waals surface area contributed by atoms with E-state index in [1.165, 1.54) is 29.8 Å². The molecule has 0 radical (unpaired) electrons. The molecule has 1 aromatic carbocycles. The molecular weight excluding hydrogens is 412 g/mol. The number of ether oxygens (including phenoxy) is 2. The standard InChI is InChI=1S/C20H20N2O5S2/c1-11-12(2)28-19(18(11)20(25)26-3)22-15(23)10-27-17(24)9-8-16-21-13-6-4-5-7-14(13)29-16/h4-7H,8-10H2,1-3H3,(H,22,23). The maximum Gasteiger partial charge on any atom is 0.341 e. The van der Waals surface area contributed by atoms with Crippen LogP contribution in [0.15, 0.2) is 24.3 Å². The largest absolute Gasteiger partial charge is 0.465 e. The second kappa shape index (κ2) is 9.15. The van der Waals surface area contributed by atoms with Gasteiger partial charge in [0.1, 0.15) is 5.00 Å². The first kappa shape index (κ1) is 20.9. The normalized spacial score (nSPS) is 10.7. The Hall–Kier alpha value is -2.78. The van der Waals surface area contributed by atoms with E-state index in [1.54, 1.807) is 6.92 Å². The van der Waals surface area contributed by atoms with Gasteiger partial charge in [-0.1, -0.05) is 12.1 Å². The average molecular weight is 433 g/mol. The van der Waals surface area contributed by atoms with E-state index in [9.17, 15) is 14.4 Å². The molecule has 0 aliphatic heterocycles. The van der Waals surface area contributed by atoms with Gasteiger partial charge in [0.2, 0.25) is 0 Å². The number of benzene rings is 1. The molecule has 0 saturated carbocycles. The van der Waals surface area contributed by atoms with E-state index in [1.807, 2.05) is 31.2 Å². The number of hydrogen-bond donors (Lipinski definition) is 1. The second-order valence-corrected chi connectivity index (χ2v) is 8.60. The fourth-order valence-corrected chi connectivity index (χ4v) is 4.71. The number of anilines is 1. The Morgan fingerprint density at radius 2 is 1.90 bits per heavy atom. The van der Waals surface area contributed by atoms with E-state index >= 15 is 0 Å². The summed E-state index contributed by atoms with van der Waals surface area (Å²) in [5.41, 5.74) is 1.98. The van der Waals surface area contributed by atoms with Crippen molar-refractivity contribution in [3.8, 4) is 0 Å². The highest BCUT2D eigenvalue weighted by atomic mass is 32.1. The molecule has 3 rings (SSSR count). The van der Waals surface area contributed by atoms with Crippen LogP contribution >= 0.6 is 22.7 Å². The summed E-state index contributed by atoms with van der Waals surface area (Å²) < 4.78 is 10.9. The summed E-state index contributed by atoms with van der Waals surface area (Å²) in [7, 11) is 1.29. The van der Waals surface area contributed by atoms with Crippen LogP contribution in [0.3, 0.4) is 0 Å². The molecule has 3 aromatic rings. The number of amides is 1. The third-order valence-electron chi connectivity index (χ3n) is 4.27. The van der Waals surface area contributed by atoms with Crippen LogP contribution in [0.5, 0.6) is 0 Å². The Labute approximate surface area is 175 Å². The fraction of sp³-hybridized carbons (Fsp3) is 0.300. The number of hydrogen-bond acceptors (Lipinski definition) is 8. The van der Waals surface area contributed by atoms with Gasteiger partial charge in [-0.05, 0) is 31.5 Å². The van der Waals surface area contributed by atoms with Crippen molar-refractivity contribution in [3.05, 3.63) is 45.3 Å². The number of thiazole rings is 1. The molecule has 2 heterocycles. The molecule has 2 aromatic heterocycles. The molecule has 1 N–H and O–H groups in total. The minimum absolute atomic E-state index is 0.137. The maximum absolute atomic E-state index is 12.1. The zero-order chi connectivity index (χ0) is 21.0. The van der Waals surface area contributed by atoms with Crippen molar-refractivity contribution in [2.45, 2.75) is 26.7 Å². The summed E-state index contributed by atoms with van der Waals surface area (Å²) in [5.74, 6) is -1.51. The summed E-state index contributed by atoms with van der Waals surface area (Å²) in [6.45, 7) is 3.22. The number of carbonyl (C=O) groups excluding carboxylic acids is 3. The highest BCUT2D eigenvalue weighted by molar-refractivity contribution is 7.18. The van der Waals surface area contributed by atoms with Gasteiger partial charge < -0.3 is 14.8 Å². The number of thiophene rings is 1. The lowest BCUT2D eigenvalue weighted by Gasteiger charge is -2.07. The molecule has 0 aliphatic rings. The predicted octanol–water partition coefficient (Wildman–Crippen LogP) is 3.88. The minimum Gasteiger partial charge on any atom is -0.465 e. The molecule has 0 bridgehead atoms. The zero-order valence-electron chi connectivity index (χ0n) is 16.2.